The molecule has 172 valence electrons. The lowest BCUT2D eigenvalue weighted by Crippen LogP contribution is -2.54. The first kappa shape index (κ1) is 24.7. The van der Waals surface area contributed by atoms with Gasteiger partial charge in [-0.3, -0.25) is 19.3 Å². The van der Waals surface area contributed by atoms with Gasteiger partial charge in [0.2, 0.25) is 17.7 Å². The summed E-state index contributed by atoms with van der Waals surface area (Å²) < 4.78 is 5.67. The van der Waals surface area contributed by atoms with E-state index in [9.17, 15) is 14.4 Å². The number of nitrogens with one attached hydrogen (secondary N) is 1. The van der Waals surface area contributed by atoms with Crippen LogP contribution < -0.4 is 10.1 Å². The van der Waals surface area contributed by atoms with Crippen molar-refractivity contribution in [1.29, 1.82) is 0 Å². The van der Waals surface area contributed by atoms with Gasteiger partial charge in [0.25, 0.3) is 0 Å². The lowest BCUT2D eigenvalue weighted by Gasteiger charge is -2.35. The van der Waals surface area contributed by atoms with E-state index in [-0.39, 0.29) is 42.8 Å². The third kappa shape index (κ3) is 8.57. The number of piperazine rings is 1. The number of para-hydroxylation sites is 1. The molecule has 1 aromatic rings. The van der Waals surface area contributed by atoms with Gasteiger partial charge in [-0.2, -0.15) is 0 Å². The van der Waals surface area contributed by atoms with Crippen LogP contribution in [0.1, 0.15) is 32.8 Å². The second kappa shape index (κ2) is 11.1. The Balaban J connectivity index is 1.68. The predicted molar refractivity (Wildman–Crippen MR) is 120 cm³/mol. The predicted octanol–water partition coefficient (Wildman–Crippen LogP) is 1.28. The largest absolute Gasteiger partial charge is 0.493 e. The lowest BCUT2D eigenvalue weighted by atomic mass is 10.1. The van der Waals surface area contributed by atoms with E-state index in [0.29, 0.717) is 32.7 Å². The van der Waals surface area contributed by atoms with Crippen LogP contribution in [0.15, 0.2) is 24.3 Å². The van der Waals surface area contributed by atoms with Crippen molar-refractivity contribution in [3.63, 3.8) is 0 Å². The summed E-state index contributed by atoms with van der Waals surface area (Å²) in [4.78, 5) is 42.2. The van der Waals surface area contributed by atoms with E-state index in [1.54, 1.807) is 11.9 Å². The average Bonchev–Trinajstić information content (AvgIpc) is 2.68. The van der Waals surface area contributed by atoms with Crippen LogP contribution in [0.5, 0.6) is 5.75 Å². The van der Waals surface area contributed by atoms with E-state index in [1.165, 1.54) is 4.90 Å². The van der Waals surface area contributed by atoms with Gasteiger partial charge < -0.3 is 19.9 Å². The molecule has 2 rings (SSSR count). The van der Waals surface area contributed by atoms with Gasteiger partial charge in [-0.05, 0) is 39.3 Å². The molecule has 3 amide bonds. The molecule has 1 aromatic carbocycles. The Labute approximate surface area is 185 Å². The van der Waals surface area contributed by atoms with Gasteiger partial charge in [-0.25, -0.2) is 0 Å². The maximum absolute atomic E-state index is 12.6. The minimum absolute atomic E-state index is 0.00878. The summed E-state index contributed by atoms with van der Waals surface area (Å²) in [6, 6.07) is 7.66. The summed E-state index contributed by atoms with van der Waals surface area (Å²) in [5.74, 6) is 0.558. The van der Waals surface area contributed by atoms with Crippen molar-refractivity contribution in [2.45, 2.75) is 39.7 Å². The number of carbonyl (C=O) groups is 3. The molecule has 0 aliphatic carbocycles. The minimum Gasteiger partial charge on any atom is -0.493 e. The van der Waals surface area contributed by atoms with Gasteiger partial charge in [0, 0.05) is 38.8 Å². The van der Waals surface area contributed by atoms with Gasteiger partial charge in [-0.15, -0.1) is 0 Å². The van der Waals surface area contributed by atoms with Crippen LogP contribution in [0.3, 0.4) is 0 Å². The number of likely N-dealkylation sites (N-methyl/N-ethyl adjacent to an activating group) is 1. The number of hydrogen-bond donors (Lipinski definition) is 1. The number of benzene rings is 1. The highest BCUT2D eigenvalue weighted by Gasteiger charge is 2.25. The Morgan fingerprint density at radius 3 is 2.35 bits per heavy atom. The zero-order valence-electron chi connectivity index (χ0n) is 19.4. The molecule has 0 spiro atoms. The Morgan fingerprint density at radius 2 is 1.74 bits per heavy atom. The quantitative estimate of drug-likeness (QED) is 0.669. The summed E-state index contributed by atoms with van der Waals surface area (Å²) in [6.45, 7) is 10.9. The van der Waals surface area contributed by atoms with E-state index in [0.717, 1.165) is 11.3 Å². The molecular formula is C23H36N4O4. The molecule has 31 heavy (non-hydrogen) atoms. The fraction of sp³-hybridized carbons (Fsp3) is 0.609. The van der Waals surface area contributed by atoms with Gasteiger partial charge in [0.05, 0.1) is 26.1 Å². The van der Waals surface area contributed by atoms with Gasteiger partial charge in [0.1, 0.15) is 5.75 Å². The van der Waals surface area contributed by atoms with E-state index >= 15 is 0 Å². The number of amides is 3. The molecule has 1 fully saturated rings. The topological polar surface area (TPSA) is 82.2 Å². The number of rotatable bonds is 8. The van der Waals surface area contributed by atoms with Crippen molar-refractivity contribution in [1.82, 2.24) is 20.0 Å². The lowest BCUT2D eigenvalue weighted by molar-refractivity contribution is -0.140. The van der Waals surface area contributed by atoms with Gasteiger partial charge in [0.15, 0.2) is 0 Å². The SMILES string of the molecule is Cc1ccccc1OCCC(=O)N(C)CC(=O)N1CCN(CC(=O)NC(C)(C)C)CC1. The van der Waals surface area contributed by atoms with Crippen molar-refractivity contribution in [3.05, 3.63) is 29.8 Å². The van der Waals surface area contributed by atoms with Crippen LogP contribution in [-0.4, -0.2) is 90.9 Å². The highest BCUT2D eigenvalue weighted by Crippen LogP contribution is 2.16. The standard InChI is InChI=1S/C23H36N4O4/c1-18-8-6-7-9-19(18)31-15-10-21(29)25(5)17-22(30)27-13-11-26(12-14-27)16-20(28)24-23(2,3)4/h6-9H,10-17H2,1-5H3,(H,24,28). The summed E-state index contributed by atoms with van der Waals surface area (Å²) in [7, 11) is 1.64. The first-order chi connectivity index (χ1) is 14.5. The molecular weight excluding hydrogens is 396 g/mol. The van der Waals surface area contributed by atoms with Crippen LogP contribution >= 0.6 is 0 Å². The van der Waals surface area contributed by atoms with Gasteiger partial charge in [-0.1, -0.05) is 18.2 Å². The fourth-order valence-electron chi connectivity index (χ4n) is 3.36. The Morgan fingerprint density at radius 1 is 1.10 bits per heavy atom. The maximum Gasteiger partial charge on any atom is 0.242 e. The molecule has 1 heterocycles. The number of hydrogen-bond acceptors (Lipinski definition) is 5. The third-order valence-corrected chi connectivity index (χ3v) is 5.07. The highest BCUT2D eigenvalue weighted by atomic mass is 16.5. The molecule has 1 N–H and O–H groups in total. The summed E-state index contributed by atoms with van der Waals surface area (Å²) in [5.41, 5.74) is 0.769. The smallest absolute Gasteiger partial charge is 0.242 e. The molecule has 1 aliphatic heterocycles. The van der Waals surface area contributed by atoms with Crippen LogP contribution in [-0.2, 0) is 14.4 Å². The normalized spacial score (nSPS) is 14.8. The van der Waals surface area contributed by atoms with E-state index in [1.807, 2.05) is 56.9 Å². The van der Waals surface area contributed by atoms with Gasteiger partial charge >= 0.3 is 0 Å². The van der Waals surface area contributed by atoms with Crippen LogP contribution in [0, 0.1) is 6.92 Å². The second-order valence-corrected chi connectivity index (χ2v) is 9.07. The fourth-order valence-corrected chi connectivity index (χ4v) is 3.36. The molecule has 0 atom stereocenters. The second-order valence-electron chi connectivity index (χ2n) is 9.07. The molecule has 0 aromatic heterocycles. The molecule has 0 radical (unpaired) electrons. The summed E-state index contributed by atoms with van der Waals surface area (Å²) in [6.07, 6.45) is 0.217. The van der Waals surface area contributed by atoms with Crippen LogP contribution in [0.25, 0.3) is 0 Å². The number of carbonyl (C=O) groups excluding carboxylic acids is 3. The first-order valence-corrected chi connectivity index (χ1v) is 10.8. The monoisotopic (exact) mass is 432 g/mol. The Kier molecular flexibility index (Phi) is 8.86. The molecule has 8 nitrogen and oxygen atoms in total. The van der Waals surface area contributed by atoms with Crippen LogP contribution in [0.4, 0.5) is 0 Å². The van der Waals surface area contributed by atoms with Crippen molar-refractivity contribution < 1.29 is 19.1 Å². The van der Waals surface area contributed by atoms with E-state index < -0.39 is 0 Å². The zero-order valence-corrected chi connectivity index (χ0v) is 19.4. The molecule has 1 aliphatic rings. The Hall–Kier alpha value is -2.61. The third-order valence-electron chi connectivity index (χ3n) is 5.07. The minimum atomic E-state index is -0.253. The van der Waals surface area contributed by atoms with Crippen molar-refractivity contribution in [2.75, 3.05) is 52.9 Å². The van der Waals surface area contributed by atoms with Crippen LogP contribution in [0.2, 0.25) is 0 Å². The highest BCUT2D eigenvalue weighted by molar-refractivity contribution is 5.85. The van der Waals surface area contributed by atoms with Crippen molar-refractivity contribution in [2.24, 2.45) is 0 Å². The van der Waals surface area contributed by atoms with Crippen molar-refractivity contribution >= 4 is 17.7 Å². The van der Waals surface area contributed by atoms with E-state index in [2.05, 4.69) is 5.32 Å². The molecule has 8 heteroatoms. The summed E-state index contributed by atoms with van der Waals surface area (Å²) >= 11 is 0. The number of aryl methyl sites for hydroxylation is 1. The molecule has 0 bridgehead atoms. The molecule has 0 unspecified atom stereocenters. The number of ether oxygens (including phenoxy) is 1. The molecule has 0 saturated carbocycles. The Bertz CT molecular complexity index is 767. The maximum atomic E-state index is 12.6. The summed E-state index contributed by atoms with van der Waals surface area (Å²) in [5, 5.41) is 2.95. The number of nitrogens with zero attached hydrogens (tertiary/aromatic N) is 3. The van der Waals surface area contributed by atoms with E-state index in [4.69, 9.17) is 4.74 Å². The average molecular weight is 433 g/mol. The molecule has 1 saturated heterocycles. The first-order valence-electron chi connectivity index (χ1n) is 10.8. The zero-order chi connectivity index (χ0) is 23.0. The van der Waals surface area contributed by atoms with Crippen molar-refractivity contribution in [3.8, 4) is 5.75 Å².